The predicted molar refractivity (Wildman–Crippen MR) is 78.7 cm³/mol. The molecule has 0 unspecified atom stereocenters. The maximum atomic E-state index is 4.12. The van der Waals surface area contributed by atoms with Crippen LogP contribution in [0.4, 0.5) is 0 Å². The highest BCUT2D eigenvalue weighted by molar-refractivity contribution is 5.85. The van der Waals surface area contributed by atoms with Gasteiger partial charge in [0.05, 0.1) is 0 Å². The van der Waals surface area contributed by atoms with Crippen molar-refractivity contribution in [3.05, 3.63) is 78.1 Å². The van der Waals surface area contributed by atoms with Gasteiger partial charge in [-0.1, -0.05) is 48.5 Å². The maximum Gasteiger partial charge on any atom is 0.0312 e. The third kappa shape index (κ3) is 2.80. The summed E-state index contributed by atoms with van der Waals surface area (Å²) < 4.78 is 0. The lowest BCUT2D eigenvalue weighted by Crippen LogP contribution is -2.12. The number of nitrogens with one attached hydrogen (secondary N) is 1. The van der Waals surface area contributed by atoms with Crippen LogP contribution in [0.25, 0.3) is 10.8 Å². The number of rotatable bonds is 4. The highest BCUT2D eigenvalue weighted by Gasteiger charge is 1.99. The maximum absolute atomic E-state index is 4.12. The molecule has 94 valence electrons. The first-order chi connectivity index (χ1) is 9.43. The lowest BCUT2D eigenvalue weighted by molar-refractivity contribution is 0.694. The molecule has 0 saturated carbocycles. The van der Waals surface area contributed by atoms with E-state index < -0.39 is 0 Å². The van der Waals surface area contributed by atoms with Gasteiger partial charge in [-0.15, -0.1) is 0 Å². The van der Waals surface area contributed by atoms with Crippen molar-refractivity contribution in [2.24, 2.45) is 0 Å². The van der Waals surface area contributed by atoms with E-state index in [-0.39, 0.29) is 0 Å². The molecule has 0 aliphatic carbocycles. The van der Waals surface area contributed by atoms with E-state index in [1.54, 1.807) is 6.20 Å². The molecule has 1 N–H and O–H groups in total. The molecule has 0 aliphatic heterocycles. The Hall–Kier alpha value is -2.19. The highest BCUT2D eigenvalue weighted by Crippen LogP contribution is 2.18. The zero-order valence-electron chi connectivity index (χ0n) is 10.7. The number of aromatic nitrogens is 1. The van der Waals surface area contributed by atoms with E-state index in [9.17, 15) is 0 Å². The van der Waals surface area contributed by atoms with Gasteiger partial charge >= 0.3 is 0 Å². The van der Waals surface area contributed by atoms with Gasteiger partial charge in [-0.25, -0.2) is 0 Å². The lowest BCUT2D eigenvalue weighted by atomic mass is 10.0. The Morgan fingerprint density at radius 2 is 1.74 bits per heavy atom. The molecule has 0 fully saturated rings. The number of hydrogen-bond acceptors (Lipinski definition) is 2. The van der Waals surface area contributed by atoms with Crippen molar-refractivity contribution in [2.45, 2.75) is 13.1 Å². The number of pyridine rings is 1. The van der Waals surface area contributed by atoms with Crippen LogP contribution in [0.5, 0.6) is 0 Å². The fraction of sp³-hybridized carbons (Fsp3) is 0.118. The van der Waals surface area contributed by atoms with Crippen LogP contribution in [-0.2, 0) is 13.1 Å². The molecule has 0 spiro atoms. The Labute approximate surface area is 113 Å². The van der Waals surface area contributed by atoms with Crippen LogP contribution in [0.3, 0.4) is 0 Å². The summed E-state index contributed by atoms with van der Waals surface area (Å²) in [4.78, 5) is 4.12. The van der Waals surface area contributed by atoms with Gasteiger partial charge in [-0.05, 0) is 28.0 Å². The minimum Gasteiger partial charge on any atom is -0.309 e. The molecule has 19 heavy (non-hydrogen) atoms. The first-order valence-electron chi connectivity index (χ1n) is 6.50. The second kappa shape index (κ2) is 5.63. The van der Waals surface area contributed by atoms with E-state index in [2.05, 4.69) is 58.8 Å². The smallest absolute Gasteiger partial charge is 0.0312 e. The number of nitrogens with zero attached hydrogens (tertiary/aromatic N) is 1. The van der Waals surface area contributed by atoms with Crippen LogP contribution in [0.2, 0.25) is 0 Å². The minimum absolute atomic E-state index is 0.844. The monoisotopic (exact) mass is 248 g/mol. The molecule has 1 aromatic heterocycles. The molecule has 0 saturated heterocycles. The van der Waals surface area contributed by atoms with Crippen LogP contribution >= 0.6 is 0 Å². The van der Waals surface area contributed by atoms with Gasteiger partial charge in [0.25, 0.3) is 0 Å². The molecule has 2 heteroatoms. The van der Waals surface area contributed by atoms with Gasteiger partial charge in [-0.3, -0.25) is 4.98 Å². The first-order valence-corrected chi connectivity index (χ1v) is 6.50. The summed E-state index contributed by atoms with van der Waals surface area (Å²) in [7, 11) is 0. The van der Waals surface area contributed by atoms with Crippen LogP contribution in [-0.4, -0.2) is 4.98 Å². The summed E-state index contributed by atoms with van der Waals surface area (Å²) in [6.45, 7) is 1.72. The zero-order chi connectivity index (χ0) is 12.9. The van der Waals surface area contributed by atoms with Crippen LogP contribution < -0.4 is 5.32 Å². The van der Waals surface area contributed by atoms with Gasteiger partial charge in [-0.2, -0.15) is 0 Å². The molecule has 0 amide bonds. The number of fused-ring (bicyclic) bond motifs is 1. The van der Waals surface area contributed by atoms with Crippen molar-refractivity contribution in [2.75, 3.05) is 0 Å². The minimum atomic E-state index is 0.844. The summed E-state index contributed by atoms with van der Waals surface area (Å²) in [5, 5.41) is 6.09. The molecule has 0 bridgehead atoms. The normalized spacial score (nSPS) is 10.7. The van der Waals surface area contributed by atoms with Crippen LogP contribution in [0, 0.1) is 0 Å². The number of benzene rings is 2. The average Bonchev–Trinajstić information content (AvgIpc) is 2.49. The molecule has 2 aromatic carbocycles. The van der Waals surface area contributed by atoms with E-state index in [1.807, 2.05) is 12.3 Å². The highest BCUT2D eigenvalue weighted by atomic mass is 14.8. The standard InChI is InChI=1S/C17H16N2/c1-2-9-17-15(6-1)7-3-8-16(17)13-19-12-14-5-4-10-18-11-14/h1-11,19H,12-13H2. The Morgan fingerprint density at radius 3 is 2.63 bits per heavy atom. The van der Waals surface area contributed by atoms with Crippen molar-refractivity contribution in [3.8, 4) is 0 Å². The number of hydrogen-bond donors (Lipinski definition) is 1. The Kier molecular flexibility index (Phi) is 3.52. The summed E-state index contributed by atoms with van der Waals surface area (Å²) in [5.74, 6) is 0. The molecule has 0 atom stereocenters. The van der Waals surface area contributed by atoms with Crippen molar-refractivity contribution in [1.82, 2.24) is 10.3 Å². The van der Waals surface area contributed by atoms with E-state index in [4.69, 9.17) is 0 Å². The molecular formula is C17H16N2. The fourth-order valence-electron chi connectivity index (χ4n) is 2.29. The van der Waals surface area contributed by atoms with Crippen molar-refractivity contribution in [1.29, 1.82) is 0 Å². The average molecular weight is 248 g/mol. The van der Waals surface area contributed by atoms with Gasteiger partial charge in [0.2, 0.25) is 0 Å². The van der Waals surface area contributed by atoms with Crippen LogP contribution in [0.15, 0.2) is 67.0 Å². The van der Waals surface area contributed by atoms with E-state index in [0.29, 0.717) is 0 Å². The Morgan fingerprint density at radius 1 is 0.842 bits per heavy atom. The third-order valence-electron chi connectivity index (χ3n) is 3.25. The fourth-order valence-corrected chi connectivity index (χ4v) is 2.29. The molecule has 1 heterocycles. The molecular weight excluding hydrogens is 232 g/mol. The largest absolute Gasteiger partial charge is 0.309 e. The first kappa shape index (κ1) is 11.9. The lowest BCUT2D eigenvalue weighted by Gasteiger charge is -2.08. The van der Waals surface area contributed by atoms with E-state index in [0.717, 1.165) is 13.1 Å². The van der Waals surface area contributed by atoms with Crippen LogP contribution in [0.1, 0.15) is 11.1 Å². The zero-order valence-corrected chi connectivity index (χ0v) is 10.7. The summed E-state index contributed by atoms with van der Waals surface area (Å²) in [6, 6.07) is 19.0. The van der Waals surface area contributed by atoms with Gasteiger partial charge in [0, 0.05) is 25.5 Å². The molecule has 0 aliphatic rings. The summed E-state index contributed by atoms with van der Waals surface area (Å²) >= 11 is 0. The second-order valence-corrected chi connectivity index (χ2v) is 4.60. The second-order valence-electron chi connectivity index (χ2n) is 4.60. The van der Waals surface area contributed by atoms with Crippen molar-refractivity contribution < 1.29 is 0 Å². The van der Waals surface area contributed by atoms with Crippen molar-refractivity contribution in [3.63, 3.8) is 0 Å². The van der Waals surface area contributed by atoms with E-state index >= 15 is 0 Å². The van der Waals surface area contributed by atoms with Gasteiger partial charge in [0.15, 0.2) is 0 Å². The Bertz CT molecular complexity index is 657. The molecule has 2 nitrogen and oxygen atoms in total. The third-order valence-corrected chi connectivity index (χ3v) is 3.25. The van der Waals surface area contributed by atoms with E-state index in [1.165, 1.54) is 21.9 Å². The summed E-state index contributed by atoms with van der Waals surface area (Å²) in [5.41, 5.74) is 2.55. The molecule has 3 aromatic rings. The molecule has 3 rings (SSSR count). The van der Waals surface area contributed by atoms with Gasteiger partial charge < -0.3 is 5.32 Å². The Balaban J connectivity index is 1.72. The molecule has 0 radical (unpaired) electrons. The van der Waals surface area contributed by atoms with Gasteiger partial charge in [0.1, 0.15) is 0 Å². The topological polar surface area (TPSA) is 24.9 Å². The summed E-state index contributed by atoms with van der Waals surface area (Å²) in [6.07, 6.45) is 3.70. The quantitative estimate of drug-likeness (QED) is 0.764. The predicted octanol–water partition coefficient (Wildman–Crippen LogP) is 3.52. The van der Waals surface area contributed by atoms with Crippen molar-refractivity contribution >= 4 is 10.8 Å². The SMILES string of the molecule is c1cncc(CNCc2cccc3ccccc23)c1.